The number of aromatic nitrogens is 3. The highest BCUT2D eigenvalue weighted by atomic mass is 19.3. The van der Waals surface area contributed by atoms with E-state index in [0.717, 1.165) is 11.7 Å². The third-order valence-corrected chi connectivity index (χ3v) is 3.42. The van der Waals surface area contributed by atoms with Gasteiger partial charge in [0, 0.05) is 29.8 Å². The minimum atomic E-state index is -2.79. The van der Waals surface area contributed by atoms with E-state index in [9.17, 15) is 18.0 Å². The van der Waals surface area contributed by atoms with E-state index in [-0.39, 0.29) is 18.1 Å². The third kappa shape index (κ3) is 3.05. The number of nitrogens with one attached hydrogen (secondary N) is 1. The molecule has 0 atom stereocenters. The van der Waals surface area contributed by atoms with Crippen molar-refractivity contribution >= 4 is 16.8 Å². The number of H-pyrrole nitrogens is 1. The summed E-state index contributed by atoms with van der Waals surface area (Å²) in [6.07, 6.45) is 1.05. The van der Waals surface area contributed by atoms with Crippen molar-refractivity contribution < 1.29 is 18.0 Å². The van der Waals surface area contributed by atoms with Crippen LogP contribution < -0.4 is 0 Å². The van der Waals surface area contributed by atoms with Crippen molar-refractivity contribution in [3.63, 3.8) is 0 Å². The van der Waals surface area contributed by atoms with E-state index in [1.807, 2.05) is 0 Å². The molecule has 0 aliphatic heterocycles. The van der Waals surface area contributed by atoms with E-state index in [2.05, 4.69) is 10.1 Å². The molecule has 120 valence electrons. The molecule has 0 aliphatic carbocycles. The maximum atomic E-state index is 13.2. The molecule has 1 amide bonds. The van der Waals surface area contributed by atoms with E-state index < -0.39 is 12.5 Å². The van der Waals surface area contributed by atoms with Crippen molar-refractivity contribution in [3.05, 3.63) is 53.7 Å². The van der Waals surface area contributed by atoms with E-state index in [4.69, 9.17) is 0 Å². The lowest BCUT2D eigenvalue weighted by Gasteiger charge is -2.14. The Morgan fingerprint density at radius 3 is 2.83 bits per heavy atom. The van der Waals surface area contributed by atoms with Gasteiger partial charge in [-0.3, -0.25) is 4.79 Å². The van der Waals surface area contributed by atoms with Gasteiger partial charge < -0.3 is 9.88 Å². The van der Waals surface area contributed by atoms with Gasteiger partial charge in [0.15, 0.2) is 5.69 Å². The lowest BCUT2D eigenvalue weighted by atomic mass is 10.2. The summed E-state index contributed by atoms with van der Waals surface area (Å²) in [5.41, 5.74) is 1.40. The lowest BCUT2D eigenvalue weighted by molar-refractivity contribution is 0.0553. The van der Waals surface area contributed by atoms with Crippen LogP contribution in [-0.2, 0) is 6.54 Å². The molecule has 0 unspecified atom stereocenters. The van der Waals surface area contributed by atoms with Crippen LogP contribution in [-0.4, -0.2) is 32.6 Å². The maximum absolute atomic E-state index is 13.2. The summed E-state index contributed by atoms with van der Waals surface area (Å²) < 4.78 is 38.6. The van der Waals surface area contributed by atoms with Crippen LogP contribution in [0.5, 0.6) is 0 Å². The highest BCUT2D eigenvalue weighted by molar-refractivity contribution is 5.92. The highest BCUT2D eigenvalue weighted by Gasteiger charge is 2.18. The van der Waals surface area contributed by atoms with Crippen LogP contribution in [0.2, 0.25) is 0 Å². The van der Waals surface area contributed by atoms with Crippen LogP contribution >= 0.6 is 0 Å². The molecule has 1 N–H and O–H groups in total. The molecular formula is C15H13F3N4O. The van der Waals surface area contributed by atoms with Crippen LogP contribution in [0, 0.1) is 5.82 Å². The highest BCUT2D eigenvalue weighted by Crippen LogP contribution is 2.18. The number of aromatic amines is 1. The van der Waals surface area contributed by atoms with Crippen LogP contribution in [0.4, 0.5) is 13.2 Å². The van der Waals surface area contributed by atoms with Crippen molar-refractivity contribution in [2.45, 2.75) is 13.1 Å². The molecule has 23 heavy (non-hydrogen) atoms. The molecular weight excluding hydrogens is 309 g/mol. The number of carbonyl (C=O) groups excluding carboxylic acids is 1. The molecule has 0 aliphatic rings. The summed E-state index contributed by atoms with van der Waals surface area (Å²) in [7, 11) is 1.54. The fourth-order valence-electron chi connectivity index (χ4n) is 2.33. The Kier molecular flexibility index (Phi) is 3.81. The van der Waals surface area contributed by atoms with Crippen LogP contribution in [0.15, 0.2) is 36.5 Å². The predicted octanol–water partition coefficient (Wildman–Crippen LogP) is 3.17. The Hall–Kier alpha value is -2.77. The molecule has 0 saturated heterocycles. The van der Waals surface area contributed by atoms with Crippen LogP contribution in [0.1, 0.15) is 22.7 Å². The van der Waals surface area contributed by atoms with Crippen LogP contribution in [0.3, 0.4) is 0 Å². The molecule has 1 aromatic carbocycles. The first kappa shape index (κ1) is 15.1. The topological polar surface area (TPSA) is 53.9 Å². The summed E-state index contributed by atoms with van der Waals surface area (Å²) >= 11 is 0. The van der Waals surface area contributed by atoms with Crippen LogP contribution in [0.25, 0.3) is 10.9 Å². The first-order chi connectivity index (χ1) is 10.9. The normalized spacial score (nSPS) is 11.3. The number of hydrogen-bond acceptors (Lipinski definition) is 2. The van der Waals surface area contributed by atoms with Gasteiger partial charge in [-0.1, -0.05) is 0 Å². The van der Waals surface area contributed by atoms with E-state index in [0.29, 0.717) is 15.8 Å². The van der Waals surface area contributed by atoms with Gasteiger partial charge in [0.1, 0.15) is 5.82 Å². The zero-order chi connectivity index (χ0) is 16.6. The number of fused-ring (bicyclic) bond motifs is 1. The molecule has 2 heterocycles. The molecule has 5 nitrogen and oxygen atoms in total. The minimum absolute atomic E-state index is 0.0602. The minimum Gasteiger partial charge on any atom is -0.357 e. The van der Waals surface area contributed by atoms with Crippen molar-refractivity contribution in [1.82, 2.24) is 19.7 Å². The second-order valence-electron chi connectivity index (χ2n) is 5.15. The largest absolute Gasteiger partial charge is 0.357 e. The van der Waals surface area contributed by atoms with Crippen molar-refractivity contribution in [3.8, 4) is 0 Å². The molecule has 8 heteroatoms. The molecule has 2 aromatic heterocycles. The molecule has 0 fully saturated rings. The van der Waals surface area contributed by atoms with Gasteiger partial charge in [0.2, 0.25) is 0 Å². The molecule has 0 radical (unpaired) electrons. The summed E-state index contributed by atoms with van der Waals surface area (Å²) in [6, 6.07) is 7.32. The number of alkyl halides is 2. The van der Waals surface area contributed by atoms with Gasteiger partial charge in [-0.2, -0.15) is 13.9 Å². The maximum Gasteiger partial charge on any atom is 0.333 e. The number of carbonyl (C=O) groups is 1. The SMILES string of the molecule is CN(Cc1cc2cc(F)ccc2[nH]1)C(=O)c1ccn(C(F)F)n1. The van der Waals surface area contributed by atoms with E-state index in [1.165, 1.54) is 30.1 Å². The van der Waals surface area contributed by atoms with Gasteiger partial charge in [0.05, 0.1) is 6.54 Å². The van der Waals surface area contributed by atoms with Gasteiger partial charge >= 0.3 is 6.55 Å². The van der Waals surface area contributed by atoms with E-state index >= 15 is 0 Å². The molecule has 0 saturated carbocycles. The Morgan fingerprint density at radius 2 is 2.13 bits per heavy atom. The average molecular weight is 322 g/mol. The Morgan fingerprint density at radius 1 is 1.35 bits per heavy atom. The van der Waals surface area contributed by atoms with Gasteiger partial charge in [-0.05, 0) is 30.3 Å². The van der Waals surface area contributed by atoms with Gasteiger partial charge in [0.25, 0.3) is 5.91 Å². The zero-order valence-corrected chi connectivity index (χ0v) is 12.1. The lowest BCUT2D eigenvalue weighted by Crippen LogP contribution is -2.27. The number of benzene rings is 1. The molecule has 3 rings (SSSR count). The zero-order valence-electron chi connectivity index (χ0n) is 12.1. The number of nitrogens with zero attached hydrogens (tertiary/aromatic N) is 3. The Labute approximate surface area is 129 Å². The standard InChI is InChI=1S/C15H13F3N4O/c1-21(14(23)13-4-5-22(20-13)15(17)18)8-11-7-9-6-10(16)2-3-12(9)19-11/h2-7,15,19H,8H2,1H3. The smallest absolute Gasteiger partial charge is 0.333 e. The van der Waals surface area contributed by atoms with Crippen molar-refractivity contribution in [1.29, 1.82) is 0 Å². The number of rotatable bonds is 4. The summed E-state index contributed by atoms with van der Waals surface area (Å²) in [5, 5.41) is 4.24. The monoisotopic (exact) mass is 322 g/mol. The number of hydrogen-bond donors (Lipinski definition) is 1. The molecule has 3 aromatic rings. The van der Waals surface area contributed by atoms with Gasteiger partial charge in [-0.25, -0.2) is 9.07 Å². The van der Waals surface area contributed by atoms with Crippen molar-refractivity contribution in [2.24, 2.45) is 0 Å². The first-order valence-electron chi connectivity index (χ1n) is 6.80. The second-order valence-corrected chi connectivity index (χ2v) is 5.15. The van der Waals surface area contributed by atoms with E-state index in [1.54, 1.807) is 12.1 Å². The van der Waals surface area contributed by atoms with Crippen molar-refractivity contribution in [2.75, 3.05) is 7.05 Å². The Balaban J connectivity index is 1.76. The average Bonchev–Trinajstić information content (AvgIpc) is 3.12. The molecule has 0 spiro atoms. The van der Waals surface area contributed by atoms with Gasteiger partial charge in [-0.15, -0.1) is 0 Å². The number of amides is 1. The summed E-state index contributed by atoms with van der Waals surface area (Å²) in [5.74, 6) is -0.820. The summed E-state index contributed by atoms with van der Waals surface area (Å²) in [6.45, 7) is -2.57. The molecule has 0 bridgehead atoms. The quantitative estimate of drug-likeness (QED) is 0.802. The predicted molar refractivity (Wildman–Crippen MR) is 77.5 cm³/mol. The first-order valence-corrected chi connectivity index (χ1v) is 6.80. The number of halogens is 3. The second kappa shape index (κ2) is 5.79. The third-order valence-electron chi connectivity index (χ3n) is 3.42. The fourth-order valence-corrected chi connectivity index (χ4v) is 2.33. The fraction of sp³-hybridized carbons (Fsp3) is 0.200. The Bertz CT molecular complexity index is 855. The summed E-state index contributed by atoms with van der Waals surface area (Å²) in [4.78, 5) is 16.6.